The number of likely N-dealkylation sites (tertiary alicyclic amines) is 1. The van der Waals surface area contributed by atoms with E-state index in [-0.39, 0.29) is 11.6 Å². The first-order valence-electron chi connectivity index (χ1n) is 11.2. The van der Waals surface area contributed by atoms with Crippen molar-refractivity contribution in [2.24, 2.45) is 0 Å². The molecule has 0 amide bonds. The van der Waals surface area contributed by atoms with Gasteiger partial charge < -0.3 is 20.3 Å². The van der Waals surface area contributed by atoms with E-state index in [4.69, 9.17) is 24.5 Å². The maximum atomic E-state index is 12.9. The third kappa shape index (κ3) is 10.9. The molecule has 4 rings (SSSR count). The number of carboxylic acid groups (broad SMARTS) is 2. The molecule has 218 valence electrons. The van der Waals surface area contributed by atoms with Crippen molar-refractivity contribution in [3.05, 3.63) is 40.1 Å². The van der Waals surface area contributed by atoms with Crippen LogP contribution in [0.2, 0.25) is 0 Å². The lowest BCUT2D eigenvalue weighted by Gasteiger charge is -2.39. The zero-order chi connectivity index (χ0) is 29.4. The highest BCUT2D eigenvalue weighted by Gasteiger charge is 2.43. The molecule has 2 aromatic rings. The molecule has 2 aliphatic rings. The number of aromatic nitrogens is 2. The number of halogens is 7. The molecule has 2 saturated heterocycles. The average molecular weight is 591 g/mol. The summed E-state index contributed by atoms with van der Waals surface area (Å²) in [5, 5.41) is 17.5. The number of anilines is 1. The Morgan fingerprint density at radius 2 is 1.69 bits per heavy atom. The zero-order valence-corrected chi connectivity index (χ0v) is 21.2. The van der Waals surface area contributed by atoms with Gasteiger partial charge in [-0.1, -0.05) is 0 Å². The maximum Gasteiger partial charge on any atom is 0.490 e. The summed E-state index contributed by atoms with van der Waals surface area (Å²) in [5.41, 5.74) is -0.0811. The fourth-order valence-corrected chi connectivity index (χ4v) is 4.84. The van der Waals surface area contributed by atoms with E-state index in [1.807, 2.05) is 11.3 Å². The predicted octanol–water partition coefficient (Wildman–Crippen LogP) is 4.49. The maximum absolute atomic E-state index is 12.9. The van der Waals surface area contributed by atoms with Crippen LogP contribution in [0.4, 0.5) is 36.7 Å². The van der Waals surface area contributed by atoms with Crippen molar-refractivity contribution >= 4 is 29.2 Å². The summed E-state index contributed by atoms with van der Waals surface area (Å²) < 4.78 is 82.6. The first-order chi connectivity index (χ1) is 18.0. The summed E-state index contributed by atoms with van der Waals surface area (Å²) in [7, 11) is 0. The van der Waals surface area contributed by atoms with Gasteiger partial charge in [-0.3, -0.25) is 4.90 Å². The third-order valence-electron chi connectivity index (χ3n) is 5.44. The van der Waals surface area contributed by atoms with Crippen LogP contribution in [0.3, 0.4) is 0 Å². The highest BCUT2D eigenvalue weighted by atomic mass is 32.1. The van der Waals surface area contributed by atoms with Crippen LogP contribution >= 0.6 is 11.3 Å². The molecule has 0 bridgehead atoms. The average Bonchev–Trinajstić information content (AvgIpc) is 3.40. The minimum Gasteiger partial charge on any atom is -0.475 e. The molecule has 0 saturated carbocycles. The minimum absolute atomic E-state index is 0.0811. The number of thiophene rings is 1. The molecule has 4 heterocycles. The minimum atomic E-state index is -5.08. The van der Waals surface area contributed by atoms with Gasteiger partial charge in [0.1, 0.15) is 0 Å². The number of nitrogens with zero attached hydrogens (tertiary/aromatic N) is 3. The molecular formula is C22H25F7N4O5S. The lowest BCUT2D eigenvalue weighted by atomic mass is 9.88. The van der Waals surface area contributed by atoms with Crippen LogP contribution in [0.25, 0.3) is 0 Å². The lowest BCUT2D eigenvalue weighted by Crippen LogP contribution is -2.47. The Kier molecular flexibility index (Phi) is 11.0. The first kappa shape index (κ1) is 32.2. The van der Waals surface area contributed by atoms with E-state index >= 15 is 0 Å². The number of ether oxygens (including phenoxy) is 1. The number of aliphatic carboxylic acids is 2. The van der Waals surface area contributed by atoms with Gasteiger partial charge in [0.15, 0.2) is 5.82 Å². The van der Waals surface area contributed by atoms with Crippen LogP contribution in [0.15, 0.2) is 24.5 Å². The molecule has 2 atom stereocenters. The Morgan fingerprint density at radius 3 is 2.18 bits per heavy atom. The van der Waals surface area contributed by atoms with Crippen molar-refractivity contribution in [2.75, 3.05) is 25.0 Å². The summed E-state index contributed by atoms with van der Waals surface area (Å²) in [4.78, 5) is 31.1. The number of hydrogen-bond donors (Lipinski definition) is 3. The molecule has 2 aromatic heterocycles. The van der Waals surface area contributed by atoms with Crippen LogP contribution in [0, 0.1) is 12.7 Å². The summed E-state index contributed by atoms with van der Waals surface area (Å²) in [6.07, 6.45) is -4.61. The van der Waals surface area contributed by atoms with Gasteiger partial charge >= 0.3 is 24.3 Å². The number of aryl methyl sites for hydroxylation is 1. The van der Waals surface area contributed by atoms with E-state index in [0.29, 0.717) is 12.6 Å². The van der Waals surface area contributed by atoms with Crippen LogP contribution in [-0.4, -0.2) is 80.7 Å². The van der Waals surface area contributed by atoms with Crippen LogP contribution in [0.1, 0.15) is 29.0 Å². The predicted molar refractivity (Wildman–Crippen MR) is 124 cm³/mol. The van der Waals surface area contributed by atoms with Crippen molar-refractivity contribution in [3.63, 3.8) is 0 Å². The van der Waals surface area contributed by atoms with E-state index in [1.54, 1.807) is 0 Å². The van der Waals surface area contributed by atoms with Crippen molar-refractivity contribution in [3.8, 4) is 0 Å². The molecule has 39 heavy (non-hydrogen) atoms. The lowest BCUT2D eigenvalue weighted by molar-refractivity contribution is -0.193. The first-order valence-corrected chi connectivity index (χ1v) is 12.1. The highest BCUT2D eigenvalue weighted by Crippen LogP contribution is 2.36. The second kappa shape index (κ2) is 13.3. The number of carboxylic acids is 2. The van der Waals surface area contributed by atoms with Crippen LogP contribution in [0.5, 0.6) is 0 Å². The van der Waals surface area contributed by atoms with E-state index in [9.17, 15) is 30.7 Å². The van der Waals surface area contributed by atoms with Crippen LogP contribution < -0.4 is 5.32 Å². The quantitative estimate of drug-likeness (QED) is 0.442. The Hall–Kier alpha value is -3.05. The van der Waals surface area contributed by atoms with Gasteiger partial charge in [0.2, 0.25) is 5.95 Å². The van der Waals surface area contributed by atoms with Crippen LogP contribution in [-0.2, 0) is 20.9 Å². The zero-order valence-electron chi connectivity index (χ0n) is 20.4. The molecule has 1 spiro atoms. The van der Waals surface area contributed by atoms with Gasteiger partial charge in [-0.05, 0) is 38.4 Å². The standard InChI is InChI=1S/C18H23FN4OS.2C2HF3O2/c1-13-3-4-16(25-13)10-23-6-2-5-18(12-23)7-15(11-24-18)22-17-20-8-14(19)9-21-17;2*3-2(4,5)1(6)7/h3-4,8-9,15H,2,5-7,10-12H2,1H3,(H,20,21,22);2*(H,6,7). The number of rotatable bonds is 4. The Bertz CT molecular complexity index is 1070. The SMILES string of the molecule is Cc1ccc(CN2CCCC3(CC(Nc4ncc(F)cn4)CO3)C2)s1.O=C(O)C(F)(F)F.O=C(O)C(F)(F)F. The van der Waals surface area contributed by atoms with Crippen molar-refractivity contribution in [1.82, 2.24) is 14.9 Å². The Morgan fingerprint density at radius 1 is 1.13 bits per heavy atom. The molecule has 0 aliphatic carbocycles. The van der Waals surface area contributed by atoms with Gasteiger partial charge in [0.05, 0.1) is 30.6 Å². The topological polar surface area (TPSA) is 125 Å². The highest BCUT2D eigenvalue weighted by molar-refractivity contribution is 7.11. The fourth-order valence-electron chi connectivity index (χ4n) is 3.91. The van der Waals surface area contributed by atoms with Gasteiger partial charge in [-0.15, -0.1) is 11.3 Å². The molecule has 0 aromatic carbocycles. The largest absolute Gasteiger partial charge is 0.490 e. The van der Waals surface area contributed by atoms with Gasteiger partial charge in [-0.25, -0.2) is 23.9 Å². The summed E-state index contributed by atoms with van der Waals surface area (Å²) >= 11 is 1.87. The number of carbonyl (C=O) groups is 2. The monoisotopic (exact) mass is 590 g/mol. The fraction of sp³-hybridized carbons (Fsp3) is 0.545. The third-order valence-corrected chi connectivity index (χ3v) is 6.43. The molecule has 2 fully saturated rings. The molecule has 2 unspecified atom stereocenters. The Labute approximate surface area is 221 Å². The van der Waals surface area contributed by atoms with Gasteiger partial charge in [0.25, 0.3) is 0 Å². The molecular weight excluding hydrogens is 565 g/mol. The van der Waals surface area contributed by atoms with E-state index < -0.39 is 30.1 Å². The number of alkyl halides is 6. The molecule has 9 nitrogen and oxygen atoms in total. The van der Waals surface area contributed by atoms with Gasteiger partial charge in [0, 0.05) is 29.3 Å². The summed E-state index contributed by atoms with van der Waals surface area (Å²) in [6.45, 7) is 5.89. The molecule has 2 aliphatic heterocycles. The number of hydrogen-bond acceptors (Lipinski definition) is 8. The normalized spacial score (nSPS) is 21.4. The molecule has 3 N–H and O–H groups in total. The summed E-state index contributed by atoms with van der Waals surface area (Å²) in [6, 6.07) is 4.59. The second-order valence-electron chi connectivity index (χ2n) is 8.70. The second-order valence-corrected chi connectivity index (χ2v) is 10.1. The van der Waals surface area contributed by atoms with Crippen molar-refractivity contribution in [1.29, 1.82) is 0 Å². The molecule has 0 radical (unpaired) electrons. The van der Waals surface area contributed by atoms with E-state index in [2.05, 4.69) is 39.2 Å². The number of nitrogens with one attached hydrogen (secondary N) is 1. The summed E-state index contributed by atoms with van der Waals surface area (Å²) in [5.74, 6) is -5.47. The van der Waals surface area contributed by atoms with Crippen molar-refractivity contribution in [2.45, 2.75) is 56.7 Å². The smallest absolute Gasteiger partial charge is 0.475 e. The molecule has 17 heteroatoms. The number of piperidine rings is 1. The van der Waals surface area contributed by atoms with Gasteiger partial charge in [-0.2, -0.15) is 26.3 Å². The Balaban J connectivity index is 0.000000317. The van der Waals surface area contributed by atoms with E-state index in [0.717, 1.165) is 38.9 Å². The van der Waals surface area contributed by atoms with E-state index in [1.165, 1.54) is 22.1 Å². The van der Waals surface area contributed by atoms with Crippen molar-refractivity contribution < 1.29 is 55.3 Å².